The maximum absolute atomic E-state index is 12.9. The molecule has 0 saturated heterocycles. The first-order valence-electron chi connectivity index (χ1n) is 17.4. The molecule has 0 amide bonds. The van der Waals surface area contributed by atoms with Gasteiger partial charge >= 0.3 is 5.97 Å². The lowest BCUT2D eigenvalue weighted by Gasteiger charge is -2.06. The summed E-state index contributed by atoms with van der Waals surface area (Å²) in [6.45, 7) is 6.08. The molecule has 3 N–H and O–H groups in total. The third kappa shape index (κ3) is 9.31. The number of ether oxygens (including phenoxy) is 2. The minimum Gasteiger partial charge on any atom is -0.493 e. The molecule has 0 aliphatic carbocycles. The number of aromatic nitrogens is 4. The highest BCUT2D eigenvalue weighted by atomic mass is 35.5. The molecule has 0 bridgehead atoms. The maximum Gasteiger partial charge on any atom is 0.354 e. The quantitative estimate of drug-likeness (QED) is 0.116. The molecule has 13 heteroatoms. The van der Waals surface area contributed by atoms with Crippen LogP contribution in [0.5, 0.6) is 11.5 Å². The fourth-order valence-electron chi connectivity index (χ4n) is 6.29. The Balaban J connectivity index is 0.000000164. The number of ketones is 1. The van der Waals surface area contributed by atoms with Crippen LogP contribution in [-0.2, 0) is 38.6 Å². The van der Waals surface area contributed by atoms with Crippen LogP contribution in [-0.4, -0.2) is 55.2 Å². The minimum absolute atomic E-state index is 0.100. The van der Waals surface area contributed by atoms with Gasteiger partial charge in [0.15, 0.2) is 11.5 Å². The number of Topliss-reactive ketones (excluding diaryl/α,β-unsaturated/α-hetero) is 1. The second-order valence-corrected chi connectivity index (χ2v) is 13.1. The minimum atomic E-state index is -0.985. The van der Waals surface area contributed by atoms with E-state index in [1.807, 2.05) is 48.6 Å². The van der Waals surface area contributed by atoms with Crippen LogP contribution in [0.1, 0.15) is 74.9 Å². The molecule has 6 aromatic rings. The van der Waals surface area contributed by atoms with Crippen molar-refractivity contribution in [1.82, 2.24) is 18.8 Å². The molecular weight excluding hydrogens is 737 g/mol. The molecular formula is C40H42Cl3N5O5. The van der Waals surface area contributed by atoms with Crippen LogP contribution in [0.2, 0.25) is 10.0 Å². The van der Waals surface area contributed by atoms with Crippen molar-refractivity contribution < 1.29 is 24.2 Å². The van der Waals surface area contributed by atoms with Crippen LogP contribution in [0, 0.1) is 0 Å². The summed E-state index contributed by atoms with van der Waals surface area (Å²) < 4.78 is 14.2. The second-order valence-electron chi connectivity index (χ2n) is 12.2. The normalized spacial score (nSPS) is 12.3. The maximum atomic E-state index is 12.9. The summed E-state index contributed by atoms with van der Waals surface area (Å²) in [7, 11) is 0. The highest BCUT2D eigenvalue weighted by Gasteiger charge is 2.20. The highest BCUT2D eigenvalue weighted by molar-refractivity contribution is 6.30. The van der Waals surface area contributed by atoms with Gasteiger partial charge in [-0.2, -0.15) is 0 Å². The number of nitrogens with two attached hydrogens (primary N) is 1. The summed E-state index contributed by atoms with van der Waals surface area (Å²) in [6, 6.07) is 19.4. The lowest BCUT2D eigenvalue weighted by atomic mass is 10.0. The summed E-state index contributed by atoms with van der Waals surface area (Å²) in [5.41, 5.74) is 14.0. The third-order valence-corrected chi connectivity index (χ3v) is 9.28. The first-order chi connectivity index (χ1) is 25.7. The molecule has 0 unspecified atom stereocenters. The van der Waals surface area contributed by atoms with Gasteiger partial charge in [-0.1, -0.05) is 61.3 Å². The number of carbonyl (C=O) groups excluding carboxylic acids is 1. The summed E-state index contributed by atoms with van der Waals surface area (Å²) >= 11 is 16.5. The van der Waals surface area contributed by atoms with E-state index in [1.165, 1.54) is 33.0 Å². The number of aromatic carboxylic acids is 1. The van der Waals surface area contributed by atoms with Crippen LogP contribution in [0.15, 0.2) is 73.1 Å². The van der Waals surface area contributed by atoms with Crippen molar-refractivity contribution >= 4 is 57.8 Å². The van der Waals surface area contributed by atoms with E-state index in [2.05, 4.69) is 33.7 Å². The van der Waals surface area contributed by atoms with Crippen molar-refractivity contribution in [2.24, 2.45) is 5.73 Å². The molecule has 8 rings (SSSR count). The Morgan fingerprint density at radius 3 is 1.75 bits per heavy atom. The number of carbonyl (C=O) groups is 2. The van der Waals surface area contributed by atoms with Crippen LogP contribution in [0.3, 0.4) is 0 Å². The van der Waals surface area contributed by atoms with Crippen molar-refractivity contribution in [3.05, 3.63) is 128 Å². The van der Waals surface area contributed by atoms with Crippen molar-refractivity contribution in [2.45, 2.75) is 58.9 Å². The van der Waals surface area contributed by atoms with Gasteiger partial charge in [-0.15, -0.1) is 11.6 Å². The lowest BCUT2D eigenvalue weighted by molar-refractivity contribution is 0.0687. The molecule has 2 aliphatic rings. The summed E-state index contributed by atoms with van der Waals surface area (Å²) in [4.78, 5) is 32.7. The molecule has 0 spiro atoms. The molecule has 278 valence electrons. The smallest absolute Gasteiger partial charge is 0.354 e. The number of nitrogens with zero attached hydrogens (tertiary/aromatic N) is 4. The molecule has 10 nitrogen and oxygen atoms in total. The third-order valence-electron chi connectivity index (χ3n) is 8.83. The zero-order valence-electron chi connectivity index (χ0n) is 29.9. The molecule has 2 aromatic carbocycles. The van der Waals surface area contributed by atoms with Gasteiger partial charge < -0.3 is 20.3 Å². The van der Waals surface area contributed by atoms with Crippen LogP contribution in [0.25, 0.3) is 11.3 Å². The first kappa shape index (κ1) is 39.6. The Morgan fingerprint density at radius 1 is 0.755 bits per heavy atom. The van der Waals surface area contributed by atoms with Gasteiger partial charge in [0, 0.05) is 44.6 Å². The van der Waals surface area contributed by atoms with Gasteiger partial charge in [0.2, 0.25) is 0 Å². The topological polar surface area (TPSA) is 133 Å². The first-order valence-corrected chi connectivity index (χ1v) is 18.9. The van der Waals surface area contributed by atoms with Gasteiger partial charge in [0.25, 0.3) is 0 Å². The molecule has 53 heavy (non-hydrogen) atoms. The van der Waals surface area contributed by atoms with E-state index in [-0.39, 0.29) is 11.5 Å². The highest BCUT2D eigenvalue weighted by Crippen LogP contribution is 2.28. The molecule has 6 heterocycles. The number of benzene rings is 2. The summed E-state index contributed by atoms with van der Waals surface area (Å²) in [5.74, 6) is 1.12. The molecule has 0 fully saturated rings. The molecule has 0 saturated carbocycles. The Bertz CT molecular complexity index is 2230. The van der Waals surface area contributed by atoms with Crippen molar-refractivity contribution in [2.75, 3.05) is 19.6 Å². The number of imidazole rings is 2. The van der Waals surface area contributed by atoms with E-state index in [0.717, 1.165) is 55.3 Å². The number of carboxylic acid groups (broad SMARTS) is 1. The van der Waals surface area contributed by atoms with Gasteiger partial charge in [-0.3, -0.25) is 13.6 Å². The van der Waals surface area contributed by atoms with E-state index >= 15 is 0 Å². The van der Waals surface area contributed by atoms with Gasteiger partial charge in [-0.25, -0.2) is 14.8 Å². The number of hydrogen-bond acceptors (Lipinski definition) is 7. The zero-order chi connectivity index (χ0) is 38.1. The van der Waals surface area contributed by atoms with Crippen LogP contribution < -0.4 is 15.2 Å². The number of fused-ring (bicyclic) bond motifs is 4. The predicted molar refractivity (Wildman–Crippen MR) is 210 cm³/mol. The number of carboxylic acids is 1. The number of aryl methyl sites for hydroxylation is 3. The number of alkyl halides is 1. The fourth-order valence-corrected chi connectivity index (χ4v) is 6.61. The second kappa shape index (κ2) is 18.4. The number of rotatable bonds is 8. The predicted octanol–water partition coefficient (Wildman–Crippen LogP) is 8.48. The van der Waals surface area contributed by atoms with Gasteiger partial charge in [0.05, 0.1) is 34.6 Å². The molecule has 2 aliphatic heterocycles. The fraction of sp³-hybridized carbons (Fsp3) is 0.300. The Labute approximate surface area is 323 Å². The number of halogens is 3. The monoisotopic (exact) mass is 777 g/mol. The van der Waals surface area contributed by atoms with E-state index in [9.17, 15) is 9.59 Å². The average molecular weight is 779 g/mol. The summed E-state index contributed by atoms with van der Waals surface area (Å²) in [5, 5.41) is 10.2. The Hall–Kier alpha value is -4.61. The van der Waals surface area contributed by atoms with E-state index in [0.29, 0.717) is 52.9 Å². The number of pyridine rings is 2. The Morgan fingerprint density at radius 2 is 1.25 bits per heavy atom. The largest absolute Gasteiger partial charge is 0.493 e. The van der Waals surface area contributed by atoms with Crippen LogP contribution >= 0.6 is 34.8 Å². The standard InChI is InChI=1S/C20H19ClN2O2.C10H9ClN2O2.C9H11NO.CH3Cl/c1-2-16-20(23-12-15(21)5-8-19(23)22-16)17(24)6-3-13-4-7-18-14(11-13)9-10-25-18;1-2-7-9(10(14)15)13-5-6(11)3-4-8(13)12-7;10-6-7-1-2-9-8(5-7)3-4-11-9;1-2/h4-5,7-8,11-12H,2-3,6,9-10H2,1H3;3-5H,2H2,1H3,(H,14,15);1-2,5H,3-4,6,10H2;1H3. The molecule has 4 aromatic heterocycles. The van der Waals surface area contributed by atoms with Crippen LogP contribution in [0.4, 0.5) is 0 Å². The van der Waals surface area contributed by atoms with E-state index in [4.69, 9.17) is 43.5 Å². The zero-order valence-corrected chi connectivity index (χ0v) is 32.1. The van der Waals surface area contributed by atoms with Gasteiger partial charge in [0.1, 0.15) is 28.5 Å². The molecule has 0 atom stereocenters. The average Bonchev–Trinajstić information content (AvgIpc) is 3.98. The van der Waals surface area contributed by atoms with E-state index < -0.39 is 5.97 Å². The van der Waals surface area contributed by atoms with Crippen molar-refractivity contribution in [3.8, 4) is 11.5 Å². The van der Waals surface area contributed by atoms with E-state index in [1.54, 1.807) is 30.6 Å². The Kier molecular flexibility index (Phi) is 13.8. The van der Waals surface area contributed by atoms with Crippen molar-refractivity contribution in [1.29, 1.82) is 0 Å². The molecule has 0 radical (unpaired) electrons. The van der Waals surface area contributed by atoms with Crippen molar-refractivity contribution in [3.63, 3.8) is 0 Å². The SMILES string of the molecule is CCc1nc2ccc(Cl)cn2c1C(=O)CCc1ccc2c(c1)CCO2.CCc1nc2ccc(Cl)cn2c1C(=O)O.CCl.NCc1ccc2c(c1)CCO2. The summed E-state index contributed by atoms with van der Waals surface area (Å²) in [6.07, 6.45) is 9.25. The lowest BCUT2D eigenvalue weighted by Crippen LogP contribution is -2.08. The van der Waals surface area contributed by atoms with Gasteiger partial charge in [-0.05, 0) is 77.9 Å². The number of hydrogen-bond donors (Lipinski definition) is 2.